The molecule has 0 aliphatic heterocycles. The molecule has 1 atom stereocenters. The predicted molar refractivity (Wildman–Crippen MR) is 111 cm³/mol. The lowest BCUT2D eigenvalue weighted by atomic mass is 9.87. The number of rotatable bonds is 6. The number of hydrogen-bond acceptors (Lipinski definition) is 3. The predicted octanol–water partition coefficient (Wildman–Crippen LogP) is 4.25. The van der Waals surface area contributed by atoms with Crippen molar-refractivity contribution in [1.82, 2.24) is 14.9 Å². The summed E-state index contributed by atoms with van der Waals surface area (Å²) in [5, 5.41) is 2.96. The van der Waals surface area contributed by atoms with E-state index in [9.17, 15) is 4.79 Å². The molecule has 0 spiro atoms. The molecule has 0 unspecified atom stereocenters. The van der Waals surface area contributed by atoms with Gasteiger partial charge in [-0.2, -0.15) is 0 Å². The van der Waals surface area contributed by atoms with E-state index >= 15 is 0 Å². The van der Waals surface area contributed by atoms with E-state index in [1.807, 2.05) is 59.3 Å². The van der Waals surface area contributed by atoms with Crippen LogP contribution in [0.3, 0.4) is 0 Å². The van der Waals surface area contributed by atoms with Gasteiger partial charge in [-0.05, 0) is 41.7 Å². The molecule has 28 heavy (non-hydrogen) atoms. The number of ether oxygens (including phenoxy) is 1. The molecule has 1 aromatic heterocycles. The Labute approximate surface area is 166 Å². The topological polar surface area (TPSA) is 56.1 Å². The van der Waals surface area contributed by atoms with E-state index < -0.39 is 6.10 Å². The van der Waals surface area contributed by atoms with Crippen LogP contribution >= 0.6 is 0 Å². The first-order valence-electron chi connectivity index (χ1n) is 9.46. The quantitative estimate of drug-likeness (QED) is 0.698. The smallest absolute Gasteiger partial charge is 0.261 e. The van der Waals surface area contributed by atoms with Gasteiger partial charge >= 0.3 is 0 Å². The van der Waals surface area contributed by atoms with Crippen LogP contribution in [0.25, 0.3) is 5.69 Å². The lowest BCUT2D eigenvalue weighted by molar-refractivity contribution is -0.127. The Balaban J connectivity index is 1.60. The molecule has 0 fully saturated rings. The second-order valence-electron chi connectivity index (χ2n) is 7.85. The molecular weight excluding hydrogens is 350 g/mol. The summed E-state index contributed by atoms with van der Waals surface area (Å²) < 4.78 is 7.74. The Morgan fingerprint density at radius 2 is 1.86 bits per heavy atom. The standard InChI is InChI=1S/C23H27N3O2/c1-17(28-20-11-9-19(10-12-20)23(2,3)4)22(27)25-15-18-7-5-6-8-21(18)26-14-13-24-16-26/h5-14,16-17H,15H2,1-4H3,(H,25,27)/t17-/m0/s1. The van der Waals surface area contributed by atoms with Crippen LogP contribution in [0.15, 0.2) is 67.3 Å². The molecule has 0 bridgehead atoms. The first-order valence-corrected chi connectivity index (χ1v) is 9.46. The van der Waals surface area contributed by atoms with Crippen LogP contribution in [0.4, 0.5) is 0 Å². The van der Waals surface area contributed by atoms with Crippen molar-refractivity contribution in [2.75, 3.05) is 0 Å². The highest BCUT2D eigenvalue weighted by Gasteiger charge is 2.17. The maximum atomic E-state index is 12.5. The molecule has 0 aliphatic carbocycles. The van der Waals surface area contributed by atoms with E-state index in [2.05, 4.69) is 31.1 Å². The van der Waals surface area contributed by atoms with Gasteiger partial charge in [0.1, 0.15) is 5.75 Å². The monoisotopic (exact) mass is 377 g/mol. The van der Waals surface area contributed by atoms with Crippen molar-refractivity contribution in [3.05, 3.63) is 78.4 Å². The second-order valence-corrected chi connectivity index (χ2v) is 7.85. The summed E-state index contributed by atoms with van der Waals surface area (Å²) >= 11 is 0. The Morgan fingerprint density at radius 1 is 1.14 bits per heavy atom. The van der Waals surface area contributed by atoms with Gasteiger partial charge in [-0.15, -0.1) is 0 Å². The fraction of sp³-hybridized carbons (Fsp3) is 0.304. The zero-order valence-electron chi connectivity index (χ0n) is 16.8. The summed E-state index contributed by atoms with van der Waals surface area (Å²) in [5.41, 5.74) is 3.32. The second kappa shape index (κ2) is 8.30. The van der Waals surface area contributed by atoms with Crippen LogP contribution in [0, 0.1) is 0 Å². The number of nitrogens with zero attached hydrogens (tertiary/aromatic N) is 2. The number of amides is 1. The van der Waals surface area contributed by atoms with Gasteiger partial charge in [0.25, 0.3) is 5.91 Å². The SMILES string of the molecule is C[C@H](Oc1ccc(C(C)(C)C)cc1)C(=O)NCc1ccccc1-n1ccnc1. The highest BCUT2D eigenvalue weighted by atomic mass is 16.5. The molecule has 1 N–H and O–H groups in total. The molecule has 0 saturated carbocycles. The molecule has 1 heterocycles. The maximum absolute atomic E-state index is 12.5. The number of aromatic nitrogens is 2. The molecule has 3 rings (SSSR count). The molecule has 0 saturated heterocycles. The summed E-state index contributed by atoms with van der Waals surface area (Å²) in [6.45, 7) is 8.68. The summed E-state index contributed by atoms with van der Waals surface area (Å²) in [6, 6.07) is 15.8. The average molecular weight is 377 g/mol. The van der Waals surface area contributed by atoms with Gasteiger partial charge in [0.2, 0.25) is 0 Å². The Bertz CT molecular complexity index is 910. The molecule has 2 aromatic carbocycles. The highest BCUT2D eigenvalue weighted by Crippen LogP contribution is 2.24. The summed E-state index contributed by atoms with van der Waals surface area (Å²) in [5.74, 6) is 0.537. The average Bonchev–Trinajstić information content (AvgIpc) is 3.20. The van der Waals surface area contributed by atoms with Crippen LogP contribution < -0.4 is 10.1 Å². The number of nitrogens with one attached hydrogen (secondary N) is 1. The van der Waals surface area contributed by atoms with Crippen LogP contribution in [-0.2, 0) is 16.8 Å². The molecule has 146 valence electrons. The number of hydrogen-bond donors (Lipinski definition) is 1. The van der Waals surface area contributed by atoms with E-state index in [4.69, 9.17) is 4.74 Å². The molecule has 3 aromatic rings. The fourth-order valence-electron chi connectivity index (χ4n) is 2.93. The van der Waals surface area contributed by atoms with Gasteiger partial charge in [-0.3, -0.25) is 4.79 Å². The Hall–Kier alpha value is -3.08. The minimum Gasteiger partial charge on any atom is -0.481 e. The molecule has 5 heteroatoms. The highest BCUT2D eigenvalue weighted by molar-refractivity contribution is 5.80. The lowest BCUT2D eigenvalue weighted by Crippen LogP contribution is -2.36. The lowest BCUT2D eigenvalue weighted by Gasteiger charge is -2.20. The third-order valence-corrected chi connectivity index (χ3v) is 4.63. The van der Waals surface area contributed by atoms with Gasteiger partial charge in [-0.1, -0.05) is 51.1 Å². The van der Waals surface area contributed by atoms with Gasteiger partial charge in [0.15, 0.2) is 6.10 Å². The third-order valence-electron chi connectivity index (χ3n) is 4.63. The van der Waals surface area contributed by atoms with Crippen molar-refractivity contribution in [3.8, 4) is 11.4 Å². The molecule has 5 nitrogen and oxygen atoms in total. The van der Waals surface area contributed by atoms with E-state index in [0.717, 1.165) is 11.3 Å². The van der Waals surface area contributed by atoms with Crippen molar-refractivity contribution in [2.45, 2.75) is 45.8 Å². The number of carbonyl (C=O) groups is 1. The van der Waals surface area contributed by atoms with Crippen molar-refractivity contribution in [3.63, 3.8) is 0 Å². The van der Waals surface area contributed by atoms with Crippen molar-refractivity contribution in [2.24, 2.45) is 0 Å². The van der Waals surface area contributed by atoms with E-state index in [-0.39, 0.29) is 11.3 Å². The van der Waals surface area contributed by atoms with Gasteiger partial charge in [0, 0.05) is 18.9 Å². The van der Waals surface area contributed by atoms with Crippen LogP contribution in [0.5, 0.6) is 5.75 Å². The van der Waals surface area contributed by atoms with Crippen molar-refractivity contribution >= 4 is 5.91 Å². The van der Waals surface area contributed by atoms with Crippen LogP contribution in [-0.4, -0.2) is 21.6 Å². The van der Waals surface area contributed by atoms with Crippen LogP contribution in [0.1, 0.15) is 38.8 Å². The molecule has 0 aliphatic rings. The number of imidazole rings is 1. The zero-order chi connectivity index (χ0) is 20.1. The summed E-state index contributed by atoms with van der Waals surface area (Å²) in [4.78, 5) is 16.6. The first kappa shape index (κ1) is 19.7. The minimum atomic E-state index is -0.583. The zero-order valence-corrected chi connectivity index (χ0v) is 16.8. The van der Waals surface area contributed by atoms with E-state index in [0.29, 0.717) is 12.3 Å². The number of benzene rings is 2. The van der Waals surface area contributed by atoms with E-state index in [1.54, 1.807) is 19.4 Å². The van der Waals surface area contributed by atoms with Crippen molar-refractivity contribution in [1.29, 1.82) is 0 Å². The third kappa shape index (κ3) is 4.80. The largest absolute Gasteiger partial charge is 0.481 e. The first-order chi connectivity index (χ1) is 13.3. The summed E-state index contributed by atoms with van der Waals surface area (Å²) in [7, 11) is 0. The Morgan fingerprint density at radius 3 is 2.50 bits per heavy atom. The normalized spacial score (nSPS) is 12.4. The molecule has 0 radical (unpaired) electrons. The summed E-state index contributed by atoms with van der Waals surface area (Å²) in [6.07, 6.45) is 4.78. The molecule has 1 amide bonds. The molecular formula is C23H27N3O2. The Kier molecular flexibility index (Phi) is 5.83. The van der Waals surface area contributed by atoms with Gasteiger partial charge < -0.3 is 14.6 Å². The fourth-order valence-corrected chi connectivity index (χ4v) is 2.93. The van der Waals surface area contributed by atoms with Crippen molar-refractivity contribution < 1.29 is 9.53 Å². The minimum absolute atomic E-state index is 0.0875. The van der Waals surface area contributed by atoms with Crippen LogP contribution in [0.2, 0.25) is 0 Å². The van der Waals surface area contributed by atoms with Gasteiger partial charge in [0.05, 0.1) is 12.0 Å². The van der Waals surface area contributed by atoms with E-state index in [1.165, 1.54) is 5.56 Å². The number of para-hydroxylation sites is 1. The van der Waals surface area contributed by atoms with Gasteiger partial charge in [-0.25, -0.2) is 4.98 Å². The maximum Gasteiger partial charge on any atom is 0.261 e. The number of carbonyl (C=O) groups excluding carboxylic acids is 1.